The number of methoxy groups -OCH3 is 1. The summed E-state index contributed by atoms with van der Waals surface area (Å²) >= 11 is 1.47. The van der Waals surface area contributed by atoms with Crippen molar-refractivity contribution < 1.29 is 23.7 Å². The van der Waals surface area contributed by atoms with Gasteiger partial charge in [0.2, 0.25) is 6.79 Å². The van der Waals surface area contributed by atoms with Crippen molar-refractivity contribution in [2.24, 2.45) is 0 Å². The molecule has 0 saturated carbocycles. The number of benzene rings is 2. The van der Waals surface area contributed by atoms with Crippen LogP contribution in [0.15, 0.2) is 53.9 Å². The summed E-state index contributed by atoms with van der Waals surface area (Å²) in [5.74, 6) is 3.10. The van der Waals surface area contributed by atoms with Crippen LogP contribution in [0.3, 0.4) is 0 Å². The molecule has 2 aliphatic heterocycles. The number of thiophene rings is 1. The van der Waals surface area contributed by atoms with Crippen molar-refractivity contribution in [3.05, 3.63) is 69.9 Å². The highest BCUT2D eigenvalue weighted by Crippen LogP contribution is 2.35. The summed E-state index contributed by atoms with van der Waals surface area (Å²) in [6.45, 7) is 4.66. The molecular formula is C25H26N2O5S. The van der Waals surface area contributed by atoms with Gasteiger partial charge in [-0.3, -0.25) is 9.69 Å². The van der Waals surface area contributed by atoms with E-state index in [1.54, 1.807) is 7.11 Å². The third-order valence-corrected chi connectivity index (χ3v) is 6.78. The van der Waals surface area contributed by atoms with E-state index in [-0.39, 0.29) is 12.7 Å². The van der Waals surface area contributed by atoms with E-state index in [1.807, 2.05) is 46.7 Å². The molecule has 2 aliphatic rings. The van der Waals surface area contributed by atoms with E-state index < -0.39 is 0 Å². The summed E-state index contributed by atoms with van der Waals surface area (Å²) in [7, 11) is 1.68. The van der Waals surface area contributed by atoms with Gasteiger partial charge in [0, 0.05) is 44.4 Å². The van der Waals surface area contributed by atoms with Gasteiger partial charge in [-0.25, -0.2) is 0 Å². The smallest absolute Gasteiger partial charge is 0.264 e. The van der Waals surface area contributed by atoms with Gasteiger partial charge in [-0.05, 0) is 41.3 Å². The lowest BCUT2D eigenvalue weighted by molar-refractivity contribution is 0.0633. The predicted octanol–water partition coefficient (Wildman–Crippen LogP) is 4.02. The topological polar surface area (TPSA) is 60.5 Å². The molecule has 0 spiro atoms. The quantitative estimate of drug-likeness (QED) is 0.524. The highest BCUT2D eigenvalue weighted by atomic mass is 32.1. The minimum Gasteiger partial charge on any atom is -0.497 e. The number of carbonyl (C=O) groups is 1. The van der Waals surface area contributed by atoms with Gasteiger partial charge < -0.3 is 23.8 Å². The average Bonchev–Trinajstić information content (AvgIpc) is 3.52. The summed E-state index contributed by atoms with van der Waals surface area (Å²) in [4.78, 5) is 18.1. The van der Waals surface area contributed by atoms with Crippen LogP contribution in [0.5, 0.6) is 23.0 Å². The SMILES string of the molecule is COc1cccc(CN2CCN(C(=O)c3cc(COc4ccc5c(c4)OCO5)cs3)CC2)c1. The van der Waals surface area contributed by atoms with Crippen molar-refractivity contribution in [2.45, 2.75) is 13.2 Å². The summed E-state index contributed by atoms with van der Waals surface area (Å²) in [6.07, 6.45) is 0. The Hall–Kier alpha value is -3.23. The Balaban J connectivity index is 1.12. The van der Waals surface area contributed by atoms with Crippen molar-refractivity contribution >= 4 is 17.2 Å². The molecular weight excluding hydrogens is 440 g/mol. The van der Waals surface area contributed by atoms with Crippen LogP contribution in [0.2, 0.25) is 0 Å². The Kier molecular flexibility index (Phi) is 6.37. The monoisotopic (exact) mass is 466 g/mol. The maximum absolute atomic E-state index is 13.0. The van der Waals surface area contributed by atoms with Crippen molar-refractivity contribution in [1.82, 2.24) is 9.80 Å². The first kappa shape index (κ1) is 21.6. The molecule has 0 bridgehead atoms. The second-order valence-corrected chi connectivity index (χ2v) is 8.95. The van der Waals surface area contributed by atoms with Crippen LogP contribution < -0.4 is 18.9 Å². The van der Waals surface area contributed by atoms with Gasteiger partial charge in [-0.15, -0.1) is 11.3 Å². The predicted molar refractivity (Wildman–Crippen MR) is 125 cm³/mol. The summed E-state index contributed by atoms with van der Waals surface area (Å²) < 4.78 is 21.9. The molecule has 1 saturated heterocycles. The number of hydrogen-bond acceptors (Lipinski definition) is 7. The molecule has 1 amide bonds. The number of nitrogens with zero attached hydrogens (tertiary/aromatic N) is 2. The Morgan fingerprint density at radius 2 is 1.82 bits per heavy atom. The van der Waals surface area contributed by atoms with Crippen molar-refractivity contribution in [3.8, 4) is 23.0 Å². The van der Waals surface area contributed by atoms with E-state index in [1.165, 1.54) is 16.9 Å². The van der Waals surface area contributed by atoms with Crippen LogP contribution >= 0.6 is 11.3 Å². The summed E-state index contributed by atoms with van der Waals surface area (Å²) in [5, 5.41) is 1.99. The Bertz CT molecular complexity index is 1120. The van der Waals surface area contributed by atoms with Gasteiger partial charge in [0.05, 0.1) is 12.0 Å². The van der Waals surface area contributed by atoms with Gasteiger partial charge in [0.15, 0.2) is 11.5 Å². The fourth-order valence-electron chi connectivity index (χ4n) is 3.99. The number of carbonyl (C=O) groups excluding carboxylic acids is 1. The zero-order valence-corrected chi connectivity index (χ0v) is 19.3. The fraction of sp³-hybridized carbons (Fsp3) is 0.320. The molecule has 8 heteroatoms. The van der Waals surface area contributed by atoms with Crippen LogP contribution in [-0.4, -0.2) is 55.8 Å². The zero-order valence-electron chi connectivity index (χ0n) is 18.5. The zero-order chi connectivity index (χ0) is 22.6. The second-order valence-electron chi connectivity index (χ2n) is 8.04. The highest BCUT2D eigenvalue weighted by molar-refractivity contribution is 7.12. The maximum Gasteiger partial charge on any atom is 0.264 e. The van der Waals surface area contributed by atoms with Crippen LogP contribution in [0.1, 0.15) is 20.8 Å². The van der Waals surface area contributed by atoms with E-state index in [0.29, 0.717) is 18.1 Å². The van der Waals surface area contributed by atoms with Gasteiger partial charge >= 0.3 is 0 Å². The standard InChI is InChI=1S/C25H26N2O5S/c1-29-20-4-2-3-18(11-20)14-26-7-9-27(10-8-26)25(28)24-12-19(16-33-24)15-30-21-5-6-22-23(13-21)32-17-31-22/h2-6,11-13,16H,7-10,14-15,17H2,1H3. The molecule has 1 fully saturated rings. The fourth-order valence-corrected chi connectivity index (χ4v) is 4.85. The lowest BCUT2D eigenvalue weighted by Gasteiger charge is -2.34. The van der Waals surface area contributed by atoms with Crippen LogP contribution in [-0.2, 0) is 13.2 Å². The first-order valence-corrected chi connectivity index (χ1v) is 11.8. The highest BCUT2D eigenvalue weighted by Gasteiger charge is 2.23. The van der Waals surface area contributed by atoms with Gasteiger partial charge in [-0.1, -0.05) is 12.1 Å². The minimum absolute atomic E-state index is 0.0929. The minimum atomic E-state index is 0.0929. The number of hydrogen-bond donors (Lipinski definition) is 0. The van der Waals surface area contributed by atoms with E-state index >= 15 is 0 Å². The van der Waals surface area contributed by atoms with Gasteiger partial charge in [0.1, 0.15) is 18.1 Å². The Labute approximate surface area is 197 Å². The van der Waals surface area contributed by atoms with E-state index in [2.05, 4.69) is 17.0 Å². The van der Waals surface area contributed by atoms with Crippen molar-refractivity contribution in [3.63, 3.8) is 0 Å². The number of rotatable bonds is 7. The maximum atomic E-state index is 13.0. The number of piperazine rings is 1. The van der Waals surface area contributed by atoms with Gasteiger partial charge in [-0.2, -0.15) is 0 Å². The van der Waals surface area contributed by atoms with E-state index in [0.717, 1.165) is 54.7 Å². The molecule has 0 aliphatic carbocycles. The lowest BCUT2D eigenvalue weighted by atomic mass is 10.2. The normalized spacial score (nSPS) is 15.5. The molecule has 5 rings (SSSR count). The lowest BCUT2D eigenvalue weighted by Crippen LogP contribution is -2.48. The first-order valence-electron chi connectivity index (χ1n) is 10.9. The number of ether oxygens (including phenoxy) is 4. The molecule has 0 N–H and O–H groups in total. The van der Waals surface area contributed by atoms with Crippen molar-refractivity contribution in [2.75, 3.05) is 40.1 Å². The number of amides is 1. The molecule has 3 heterocycles. The molecule has 0 atom stereocenters. The van der Waals surface area contributed by atoms with E-state index in [9.17, 15) is 4.79 Å². The Morgan fingerprint density at radius 1 is 0.970 bits per heavy atom. The summed E-state index contributed by atoms with van der Waals surface area (Å²) in [5.41, 5.74) is 2.21. The summed E-state index contributed by atoms with van der Waals surface area (Å²) in [6, 6.07) is 15.6. The molecule has 33 heavy (non-hydrogen) atoms. The first-order chi connectivity index (χ1) is 16.2. The van der Waals surface area contributed by atoms with Crippen molar-refractivity contribution in [1.29, 1.82) is 0 Å². The molecule has 7 nitrogen and oxygen atoms in total. The van der Waals surface area contributed by atoms with Crippen LogP contribution in [0, 0.1) is 0 Å². The van der Waals surface area contributed by atoms with Crippen LogP contribution in [0.4, 0.5) is 0 Å². The van der Waals surface area contributed by atoms with E-state index in [4.69, 9.17) is 18.9 Å². The Morgan fingerprint density at radius 3 is 2.67 bits per heavy atom. The second kappa shape index (κ2) is 9.72. The van der Waals surface area contributed by atoms with Gasteiger partial charge in [0.25, 0.3) is 5.91 Å². The molecule has 2 aromatic carbocycles. The third kappa shape index (κ3) is 5.07. The third-order valence-electron chi connectivity index (χ3n) is 5.81. The molecule has 172 valence electrons. The number of fused-ring (bicyclic) bond motifs is 1. The molecule has 3 aromatic rings. The molecule has 0 radical (unpaired) electrons. The molecule has 0 unspecified atom stereocenters. The average molecular weight is 467 g/mol. The largest absolute Gasteiger partial charge is 0.497 e. The van der Waals surface area contributed by atoms with Crippen LogP contribution in [0.25, 0.3) is 0 Å². The molecule has 1 aromatic heterocycles.